The zero-order valence-corrected chi connectivity index (χ0v) is 8.73. The topological polar surface area (TPSA) is 39.7 Å². The van der Waals surface area contributed by atoms with Gasteiger partial charge in [0.15, 0.2) is 6.79 Å². The molecule has 0 aliphatic carbocycles. The lowest BCUT2D eigenvalue weighted by Crippen LogP contribution is -2.50. The molecule has 1 fully saturated rings. The molecule has 4 heteroatoms. The van der Waals surface area contributed by atoms with E-state index in [0.717, 1.165) is 24.6 Å². The zero-order valence-electron chi connectivity index (χ0n) is 8.73. The molecule has 0 aromatic heterocycles. The van der Waals surface area contributed by atoms with Crippen molar-refractivity contribution in [1.82, 2.24) is 5.32 Å². The molecule has 1 aromatic carbocycles. The van der Waals surface area contributed by atoms with Gasteiger partial charge in [-0.3, -0.25) is 0 Å². The number of hydrogen-bond acceptors (Lipinski definition) is 4. The lowest BCUT2D eigenvalue weighted by molar-refractivity contribution is 0.0510. The Morgan fingerprint density at radius 2 is 1.87 bits per heavy atom. The highest BCUT2D eigenvalue weighted by Crippen LogP contribution is 2.19. The molecular weight excluding hydrogens is 194 g/mol. The van der Waals surface area contributed by atoms with Gasteiger partial charge in [0.25, 0.3) is 0 Å². The third-order valence-corrected chi connectivity index (χ3v) is 2.21. The van der Waals surface area contributed by atoms with Crippen LogP contribution in [0, 0.1) is 0 Å². The molecule has 4 nitrogen and oxygen atoms in total. The Kier molecular flexibility index (Phi) is 3.42. The molecule has 15 heavy (non-hydrogen) atoms. The van der Waals surface area contributed by atoms with Gasteiger partial charge in [-0.25, -0.2) is 0 Å². The van der Waals surface area contributed by atoms with Gasteiger partial charge in [0.05, 0.1) is 0 Å². The number of rotatable bonds is 5. The Morgan fingerprint density at radius 1 is 1.20 bits per heavy atom. The summed E-state index contributed by atoms with van der Waals surface area (Å²) in [6.45, 7) is 2.14. The van der Waals surface area contributed by atoms with E-state index in [0.29, 0.717) is 6.10 Å². The molecule has 2 rings (SSSR count). The minimum absolute atomic E-state index is 0.271. The molecule has 0 bridgehead atoms. The zero-order chi connectivity index (χ0) is 10.5. The lowest BCUT2D eigenvalue weighted by Gasteiger charge is -2.27. The molecule has 0 unspecified atom stereocenters. The van der Waals surface area contributed by atoms with Crippen LogP contribution in [0.2, 0.25) is 0 Å². The van der Waals surface area contributed by atoms with Crippen LogP contribution in [0.3, 0.4) is 0 Å². The van der Waals surface area contributed by atoms with Crippen molar-refractivity contribution in [3.8, 4) is 11.5 Å². The van der Waals surface area contributed by atoms with Crippen molar-refractivity contribution in [2.45, 2.75) is 6.10 Å². The van der Waals surface area contributed by atoms with Gasteiger partial charge in [-0.1, -0.05) is 0 Å². The summed E-state index contributed by atoms with van der Waals surface area (Å²) in [5.41, 5.74) is 0. The van der Waals surface area contributed by atoms with E-state index in [4.69, 9.17) is 14.2 Å². The molecule has 1 aliphatic rings. The van der Waals surface area contributed by atoms with Crippen LogP contribution >= 0.6 is 0 Å². The Hall–Kier alpha value is -1.26. The van der Waals surface area contributed by atoms with E-state index in [9.17, 15) is 0 Å². The minimum Gasteiger partial charge on any atom is -0.488 e. The van der Waals surface area contributed by atoms with Crippen molar-refractivity contribution in [2.75, 3.05) is 27.0 Å². The summed E-state index contributed by atoms with van der Waals surface area (Å²) in [6.07, 6.45) is 0.316. The first-order valence-corrected chi connectivity index (χ1v) is 4.97. The van der Waals surface area contributed by atoms with Gasteiger partial charge in [0, 0.05) is 20.2 Å². The third kappa shape index (κ3) is 2.84. The fourth-order valence-corrected chi connectivity index (χ4v) is 1.28. The second-order valence-electron chi connectivity index (χ2n) is 3.42. The Bertz CT molecular complexity index is 295. The van der Waals surface area contributed by atoms with Gasteiger partial charge in [-0.15, -0.1) is 0 Å². The van der Waals surface area contributed by atoms with E-state index in [-0.39, 0.29) is 6.79 Å². The second-order valence-corrected chi connectivity index (χ2v) is 3.42. The molecule has 1 aromatic rings. The fourth-order valence-electron chi connectivity index (χ4n) is 1.28. The summed E-state index contributed by atoms with van der Waals surface area (Å²) in [7, 11) is 1.60. The molecular formula is C11H15NO3. The standard InChI is InChI=1S/C11H15NO3/c1-13-8-14-9-2-4-10(5-3-9)15-11-6-12-7-11/h2-5,11-12H,6-8H2,1H3. The van der Waals surface area contributed by atoms with Gasteiger partial charge in [0.2, 0.25) is 0 Å². The molecule has 1 saturated heterocycles. The predicted molar refractivity (Wildman–Crippen MR) is 56.2 cm³/mol. The maximum absolute atomic E-state index is 5.66. The van der Waals surface area contributed by atoms with E-state index >= 15 is 0 Å². The van der Waals surface area contributed by atoms with Crippen LogP contribution in [0.25, 0.3) is 0 Å². The molecule has 0 radical (unpaired) electrons. The number of benzene rings is 1. The lowest BCUT2D eigenvalue weighted by atomic mass is 10.2. The maximum Gasteiger partial charge on any atom is 0.188 e. The number of nitrogens with one attached hydrogen (secondary N) is 1. The average molecular weight is 209 g/mol. The van der Waals surface area contributed by atoms with Crippen LogP contribution in [-0.4, -0.2) is 33.1 Å². The summed E-state index contributed by atoms with van der Waals surface area (Å²) in [5.74, 6) is 1.67. The molecule has 0 atom stereocenters. The van der Waals surface area contributed by atoms with Crippen molar-refractivity contribution in [2.24, 2.45) is 0 Å². The second kappa shape index (κ2) is 5.00. The van der Waals surface area contributed by atoms with Crippen LogP contribution in [0.15, 0.2) is 24.3 Å². The number of methoxy groups -OCH3 is 1. The van der Waals surface area contributed by atoms with E-state index in [1.165, 1.54) is 0 Å². The van der Waals surface area contributed by atoms with Gasteiger partial charge in [-0.05, 0) is 24.3 Å². The van der Waals surface area contributed by atoms with Gasteiger partial charge in [-0.2, -0.15) is 0 Å². The minimum atomic E-state index is 0.271. The highest BCUT2D eigenvalue weighted by atomic mass is 16.7. The largest absolute Gasteiger partial charge is 0.488 e. The van der Waals surface area contributed by atoms with Crippen LogP contribution in [0.1, 0.15) is 0 Å². The highest BCUT2D eigenvalue weighted by Gasteiger charge is 2.17. The molecule has 0 spiro atoms. The van der Waals surface area contributed by atoms with E-state index in [2.05, 4.69) is 5.32 Å². The summed E-state index contributed by atoms with van der Waals surface area (Å²) >= 11 is 0. The van der Waals surface area contributed by atoms with E-state index in [1.807, 2.05) is 24.3 Å². The van der Waals surface area contributed by atoms with Crippen molar-refractivity contribution < 1.29 is 14.2 Å². The molecule has 1 heterocycles. The first kappa shape index (κ1) is 10.3. The molecule has 0 amide bonds. The molecule has 82 valence electrons. The summed E-state index contributed by atoms with van der Waals surface area (Å²) in [4.78, 5) is 0. The van der Waals surface area contributed by atoms with Gasteiger partial charge >= 0.3 is 0 Å². The van der Waals surface area contributed by atoms with Crippen molar-refractivity contribution in [3.63, 3.8) is 0 Å². The molecule has 1 N–H and O–H groups in total. The number of hydrogen-bond donors (Lipinski definition) is 1. The van der Waals surface area contributed by atoms with Crippen LogP contribution in [0.4, 0.5) is 0 Å². The van der Waals surface area contributed by atoms with Gasteiger partial charge in [0.1, 0.15) is 17.6 Å². The smallest absolute Gasteiger partial charge is 0.188 e. The first-order valence-electron chi connectivity index (χ1n) is 4.97. The van der Waals surface area contributed by atoms with Gasteiger partial charge < -0.3 is 19.5 Å². The SMILES string of the molecule is COCOc1ccc(OC2CNC2)cc1. The first-order chi connectivity index (χ1) is 7.38. The Labute approximate surface area is 89.1 Å². The van der Waals surface area contributed by atoms with Crippen LogP contribution in [0.5, 0.6) is 11.5 Å². The van der Waals surface area contributed by atoms with Crippen LogP contribution < -0.4 is 14.8 Å². The monoisotopic (exact) mass is 209 g/mol. The Morgan fingerprint density at radius 3 is 2.40 bits per heavy atom. The normalized spacial score (nSPS) is 15.8. The highest BCUT2D eigenvalue weighted by molar-refractivity contribution is 5.31. The third-order valence-electron chi connectivity index (χ3n) is 2.21. The maximum atomic E-state index is 5.66. The predicted octanol–water partition coefficient (Wildman–Crippen LogP) is 1.02. The van der Waals surface area contributed by atoms with E-state index in [1.54, 1.807) is 7.11 Å². The molecule has 0 saturated carbocycles. The summed E-state index contributed by atoms with van der Waals surface area (Å²) in [6, 6.07) is 7.56. The van der Waals surface area contributed by atoms with E-state index < -0.39 is 0 Å². The van der Waals surface area contributed by atoms with Crippen LogP contribution in [-0.2, 0) is 4.74 Å². The Balaban J connectivity index is 1.85. The van der Waals surface area contributed by atoms with Crippen molar-refractivity contribution in [1.29, 1.82) is 0 Å². The quantitative estimate of drug-likeness (QED) is 0.735. The summed E-state index contributed by atoms with van der Waals surface area (Å²) in [5, 5.41) is 3.15. The number of ether oxygens (including phenoxy) is 3. The average Bonchev–Trinajstić information content (AvgIpc) is 2.22. The molecule has 1 aliphatic heterocycles. The van der Waals surface area contributed by atoms with Crippen molar-refractivity contribution in [3.05, 3.63) is 24.3 Å². The summed E-state index contributed by atoms with van der Waals surface area (Å²) < 4.78 is 15.7. The van der Waals surface area contributed by atoms with Crippen molar-refractivity contribution >= 4 is 0 Å². The fraction of sp³-hybridized carbons (Fsp3) is 0.455.